The summed E-state index contributed by atoms with van der Waals surface area (Å²) in [6, 6.07) is 0. The molecule has 3 nitrogen and oxygen atoms in total. The number of methoxy groups -OCH3 is 1. The van der Waals surface area contributed by atoms with Gasteiger partial charge in [-0.2, -0.15) is 0 Å². The van der Waals surface area contributed by atoms with E-state index in [-0.39, 0.29) is 5.54 Å². The summed E-state index contributed by atoms with van der Waals surface area (Å²) in [4.78, 5) is 2.64. The Morgan fingerprint density at radius 1 is 1.15 bits per heavy atom. The summed E-state index contributed by atoms with van der Waals surface area (Å²) in [5, 5.41) is 3.56. The summed E-state index contributed by atoms with van der Waals surface area (Å²) in [6.07, 6.45) is 8.10. The Bertz CT molecular complexity index is 236. The van der Waals surface area contributed by atoms with Crippen molar-refractivity contribution in [2.24, 2.45) is 5.92 Å². The number of nitrogens with one attached hydrogen (secondary N) is 1. The second kappa shape index (κ2) is 9.75. The first kappa shape index (κ1) is 17.9. The number of unbranched alkanes of at least 4 members (excludes halogenated alkanes) is 3. The number of rotatable bonds is 9. The fourth-order valence-corrected chi connectivity index (χ4v) is 3.00. The molecule has 0 radical (unpaired) electrons. The van der Waals surface area contributed by atoms with Crippen LogP contribution in [-0.2, 0) is 4.74 Å². The molecule has 0 spiro atoms. The Labute approximate surface area is 126 Å². The molecule has 1 saturated heterocycles. The molecule has 0 bridgehead atoms. The minimum atomic E-state index is 0.268. The fourth-order valence-electron chi connectivity index (χ4n) is 3.00. The van der Waals surface area contributed by atoms with E-state index in [1.807, 2.05) is 7.11 Å². The van der Waals surface area contributed by atoms with Crippen LogP contribution in [0.25, 0.3) is 0 Å². The smallest absolute Gasteiger partial charge is 0.0502 e. The van der Waals surface area contributed by atoms with Crippen molar-refractivity contribution in [1.82, 2.24) is 10.2 Å². The predicted octanol–water partition coefficient (Wildman–Crippen LogP) is 3.29. The average molecular weight is 284 g/mol. The molecule has 1 N–H and O–H groups in total. The van der Waals surface area contributed by atoms with E-state index in [0.29, 0.717) is 0 Å². The zero-order valence-electron chi connectivity index (χ0n) is 14.2. The molecular formula is C17H36N2O. The molecule has 0 amide bonds. The molecule has 0 saturated carbocycles. The Morgan fingerprint density at radius 2 is 1.90 bits per heavy atom. The average Bonchev–Trinajstić information content (AvgIpc) is 2.37. The van der Waals surface area contributed by atoms with Gasteiger partial charge in [0.25, 0.3) is 0 Å². The number of hydrogen-bond acceptors (Lipinski definition) is 3. The predicted molar refractivity (Wildman–Crippen MR) is 87.3 cm³/mol. The van der Waals surface area contributed by atoms with E-state index in [0.717, 1.165) is 19.1 Å². The van der Waals surface area contributed by atoms with Crippen molar-refractivity contribution in [3.63, 3.8) is 0 Å². The van der Waals surface area contributed by atoms with Crippen LogP contribution in [-0.4, -0.2) is 50.3 Å². The van der Waals surface area contributed by atoms with Gasteiger partial charge in [0.1, 0.15) is 0 Å². The van der Waals surface area contributed by atoms with Crippen molar-refractivity contribution >= 4 is 0 Å². The van der Waals surface area contributed by atoms with Crippen LogP contribution in [0.15, 0.2) is 0 Å². The lowest BCUT2D eigenvalue weighted by Crippen LogP contribution is -2.37. The summed E-state index contributed by atoms with van der Waals surface area (Å²) in [7, 11) is 1.82. The van der Waals surface area contributed by atoms with Crippen LogP contribution >= 0.6 is 0 Å². The third kappa shape index (κ3) is 8.93. The van der Waals surface area contributed by atoms with E-state index < -0.39 is 0 Å². The van der Waals surface area contributed by atoms with Crippen LogP contribution in [0.3, 0.4) is 0 Å². The van der Waals surface area contributed by atoms with Crippen LogP contribution in [0, 0.1) is 5.92 Å². The molecule has 1 aliphatic rings. The summed E-state index contributed by atoms with van der Waals surface area (Å²) in [6.45, 7) is 12.6. The SMILES string of the molecule is COCC1CCCN(CCCCCCNC(C)(C)C)C1. The van der Waals surface area contributed by atoms with Gasteiger partial charge in [0.05, 0.1) is 6.61 Å². The van der Waals surface area contributed by atoms with Crippen LogP contribution < -0.4 is 5.32 Å². The maximum absolute atomic E-state index is 5.29. The van der Waals surface area contributed by atoms with Gasteiger partial charge in [-0.25, -0.2) is 0 Å². The van der Waals surface area contributed by atoms with Crippen molar-refractivity contribution < 1.29 is 4.74 Å². The van der Waals surface area contributed by atoms with E-state index in [9.17, 15) is 0 Å². The maximum atomic E-state index is 5.29. The maximum Gasteiger partial charge on any atom is 0.0502 e. The van der Waals surface area contributed by atoms with Crippen molar-refractivity contribution in [2.45, 2.75) is 64.8 Å². The molecule has 0 aromatic heterocycles. The van der Waals surface area contributed by atoms with E-state index in [1.165, 1.54) is 58.2 Å². The fraction of sp³-hybridized carbons (Fsp3) is 1.00. The first-order valence-electron chi connectivity index (χ1n) is 8.47. The van der Waals surface area contributed by atoms with Gasteiger partial charge in [0.2, 0.25) is 0 Å². The van der Waals surface area contributed by atoms with Crippen LogP contribution in [0.1, 0.15) is 59.3 Å². The molecule has 20 heavy (non-hydrogen) atoms. The van der Waals surface area contributed by atoms with Crippen molar-refractivity contribution in [3.8, 4) is 0 Å². The standard InChI is InChI=1S/C17H36N2O/c1-17(2,3)18-11-7-5-6-8-12-19-13-9-10-16(14-19)15-20-4/h16,18H,5-15H2,1-4H3. The highest BCUT2D eigenvalue weighted by Crippen LogP contribution is 2.17. The van der Waals surface area contributed by atoms with Crippen LogP contribution in [0.2, 0.25) is 0 Å². The largest absolute Gasteiger partial charge is 0.384 e. The van der Waals surface area contributed by atoms with Crippen molar-refractivity contribution in [3.05, 3.63) is 0 Å². The Hall–Kier alpha value is -0.120. The second-order valence-electron chi connectivity index (χ2n) is 7.36. The zero-order chi connectivity index (χ0) is 14.8. The number of ether oxygens (including phenoxy) is 1. The van der Waals surface area contributed by atoms with E-state index >= 15 is 0 Å². The third-order valence-corrected chi connectivity index (χ3v) is 4.06. The van der Waals surface area contributed by atoms with E-state index in [1.54, 1.807) is 0 Å². The lowest BCUT2D eigenvalue weighted by Gasteiger charge is -2.32. The molecule has 1 fully saturated rings. The molecule has 3 heteroatoms. The lowest BCUT2D eigenvalue weighted by atomic mass is 9.98. The van der Waals surface area contributed by atoms with Gasteiger partial charge in [-0.1, -0.05) is 12.8 Å². The monoisotopic (exact) mass is 284 g/mol. The molecule has 120 valence electrons. The molecule has 0 aromatic carbocycles. The van der Waals surface area contributed by atoms with Gasteiger partial charge in [0, 0.05) is 19.2 Å². The molecule has 0 aromatic rings. The van der Waals surface area contributed by atoms with Crippen molar-refractivity contribution in [1.29, 1.82) is 0 Å². The first-order valence-corrected chi connectivity index (χ1v) is 8.47. The highest BCUT2D eigenvalue weighted by Gasteiger charge is 2.18. The minimum absolute atomic E-state index is 0.268. The summed E-state index contributed by atoms with van der Waals surface area (Å²) in [5.74, 6) is 0.768. The van der Waals surface area contributed by atoms with Gasteiger partial charge < -0.3 is 15.0 Å². The Morgan fingerprint density at radius 3 is 2.60 bits per heavy atom. The summed E-state index contributed by atoms with van der Waals surface area (Å²) in [5.41, 5.74) is 0.268. The summed E-state index contributed by atoms with van der Waals surface area (Å²) >= 11 is 0. The van der Waals surface area contributed by atoms with Crippen LogP contribution in [0.5, 0.6) is 0 Å². The van der Waals surface area contributed by atoms with Gasteiger partial charge >= 0.3 is 0 Å². The molecule has 1 unspecified atom stereocenters. The third-order valence-electron chi connectivity index (χ3n) is 4.06. The molecule has 1 aliphatic heterocycles. The quantitative estimate of drug-likeness (QED) is 0.658. The molecule has 1 rings (SSSR count). The van der Waals surface area contributed by atoms with Crippen molar-refractivity contribution in [2.75, 3.05) is 39.9 Å². The highest BCUT2D eigenvalue weighted by atomic mass is 16.5. The molecule has 1 atom stereocenters. The minimum Gasteiger partial charge on any atom is -0.384 e. The van der Waals surface area contributed by atoms with Gasteiger partial charge in [-0.3, -0.25) is 0 Å². The van der Waals surface area contributed by atoms with Gasteiger partial charge in [-0.05, 0) is 72.0 Å². The van der Waals surface area contributed by atoms with Crippen LogP contribution in [0.4, 0.5) is 0 Å². The van der Waals surface area contributed by atoms with E-state index in [2.05, 4.69) is 31.0 Å². The number of nitrogens with zero attached hydrogens (tertiary/aromatic N) is 1. The normalized spacial score (nSPS) is 21.3. The molecular weight excluding hydrogens is 248 g/mol. The zero-order valence-corrected chi connectivity index (χ0v) is 14.2. The molecule has 1 heterocycles. The topological polar surface area (TPSA) is 24.5 Å². The number of likely N-dealkylation sites (tertiary alicyclic amines) is 1. The van der Waals surface area contributed by atoms with Gasteiger partial charge in [0.15, 0.2) is 0 Å². The lowest BCUT2D eigenvalue weighted by molar-refractivity contribution is 0.0898. The summed E-state index contributed by atoms with van der Waals surface area (Å²) < 4.78 is 5.29. The Kier molecular flexibility index (Phi) is 8.74. The van der Waals surface area contributed by atoms with E-state index in [4.69, 9.17) is 4.74 Å². The second-order valence-corrected chi connectivity index (χ2v) is 7.36. The first-order chi connectivity index (χ1) is 9.51. The number of hydrogen-bond donors (Lipinski definition) is 1. The highest BCUT2D eigenvalue weighted by molar-refractivity contribution is 4.73. The number of piperidine rings is 1. The molecule has 0 aliphatic carbocycles. The Balaban J connectivity index is 1.95. The van der Waals surface area contributed by atoms with Gasteiger partial charge in [-0.15, -0.1) is 0 Å².